The maximum atomic E-state index is 4.55. The summed E-state index contributed by atoms with van der Waals surface area (Å²) in [6.07, 6.45) is 8.26. The highest BCUT2D eigenvalue weighted by Gasteiger charge is 2.20. The standard InChI is InChI=1S/C13H21BrN2/c1-10(2)16-12(9-13(14)15-16)11-7-5-3-4-6-8-11/h9-11H,3-8H2,1-2H3. The number of halogens is 1. The SMILES string of the molecule is CC(C)n1nc(Br)cc1C1CCCCCC1. The maximum absolute atomic E-state index is 4.55. The van der Waals surface area contributed by atoms with Crippen LogP contribution in [-0.2, 0) is 0 Å². The molecule has 0 radical (unpaired) electrons. The molecule has 1 aliphatic carbocycles. The molecule has 0 spiro atoms. The van der Waals surface area contributed by atoms with Crippen molar-refractivity contribution < 1.29 is 0 Å². The van der Waals surface area contributed by atoms with Crippen LogP contribution in [0, 0.1) is 0 Å². The second kappa shape index (κ2) is 5.35. The van der Waals surface area contributed by atoms with Crippen LogP contribution in [0.3, 0.4) is 0 Å². The third kappa shape index (κ3) is 2.68. The zero-order valence-electron chi connectivity index (χ0n) is 10.2. The molecule has 0 bridgehead atoms. The molecule has 0 aromatic carbocycles. The van der Waals surface area contributed by atoms with E-state index in [4.69, 9.17) is 0 Å². The van der Waals surface area contributed by atoms with Crippen LogP contribution in [0.15, 0.2) is 10.7 Å². The first-order valence-electron chi connectivity index (χ1n) is 6.43. The number of hydrogen-bond acceptors (Lipinski definition) is 1. The van der Waals surface area contributed by atoms with Crippen molar-refractivity contribution in [1.29, 1.82) is 0 Å². The van der Waals surface area contributed by atoms with Crippen molar-refractivity contribution in [2.75, 3.05) is 0 Å². The highest BCUT2D eigenvalue weighted by Crippen LogP contribution is 2.33. The normalized spacial score (nSPS) is 19.0. The van der Waals surface area contributed by atoms with E-state index in [-0.39, 0.29) is 0 Å². The Morgan fingerprint density at radius 1 is 1.25 bits per heavy atom. The van der Waals surface area contributed by atoms with Gasteiger partial charge in [0.25, 0.3) is 0 Å². The van der Waals surface area contributed by atoms with Crippen LogP contribution in [0.5, 0.6) is 0 Å². The zero-order chi connectivity index (χ0) is 11.5. The first-order valence-corrected chi connectivity index (χ1v) is 7.22. The molecule has 0 aliphatic heterocycles. The minimum absolute atomic E-state index is 0.463. The van der Waals surface area contributed by atoms with Crippen LogP contribution in [0.25, 0.3) is 0 Å². The lowest BCUT2D eigenvalue weighted by atomic mass is 9.96. The molecule has 0 unspecified atom stereocenters. The van der Waals surface area contributed by atoms with Crippen LogP contribution in [0.1, 0.15) is 70.0 Å². The van der Waals surface area contributed by atoms with Crippen LogP contribution in [0.4, 0.5) is 0 Å². The summed E-state index contributed by atoms with van der Waals surface area (Å²) in [5.74, 6) is 0.726. The topological polar surface area (TPSA) is 17.8 Å². The van der Waals surface area contributed by atoms with Crippen molar-refractivity contribution in [3.05, 3.63) is 16.4 Å². The fraction of sp³-hybridized carbons (Fsp3) is 0.769. The lowest BCUT2D eigenvalue weighted by Crippen LogP contribution is -2.11. The minimum atomic E-state index is 0.463. The highest BCUT2D eigenvalue weighted by atomic mass is 79.9. The van der Waals surface area contributed by atoms with Crippen molar-refractivity contribution in [2.45, 2.75) is 64.3 Å². The van der Waals surface area contributed by atoms with Gasteiger partial charge in [0, 0.05) is 17.7 Å². The summed E-state index contributed by atoms with van der Waals surface area (Å²) in [6, 6.07) is 2.68. The third-order valence-corrected chi connectivity index (χ3v) is 3.88. The number of aromatic nitrogens is 2. The van der Waals surface area contributed by atoms with Gasteiger partial charge in [-0.1, -0.05) is 25.7 Å². The largest absolute Gasteiger partial charge is 0.266 e. The Hall–Kier alpha value is -0.310. The maximum Gasteiger partial charge on any atom is 0.128 e. The van der Waals surface area contributed by atoms with Crippen molar-refractivity contribution in [3.8, 4) is 0 Å². The molecule has 1 aliphatic rings. The van der Waals surface area contributed by atoms with E-state index in [2.05, 4.69) is 45.6 Å². The number of rotatable bonds is 2. The van der Waals surface area contributed by atoms with E-state index >= 15 is 0 Å². The molecule has 0 amide bonds. The van der Waals surface area contributed by atoms with Gasteiger partial charge in [-0.3, -0.25) is 4.68 Å². The molecule has 0 N–H and O–H groups in total. The first-order chi connectivity index (χ1) is 7.68. The average molecular weight is 285 g/mol. The molecule has 0 atom stereocenters. The number of nitrogens with zero attached hydrogens (tertiary/aromatic N) is 2. The van der Waals surface area contributed by atoms with Crippen LogP contribution < -0.4 is 0 Å². The molecule has 1 aromatic rings. The molecule has 0 saturated heterocycles. The second-order valence-corrected chi connectivity index (χ2v) is 5.93. The number of hydrogen-bond donors (Lipinski definition) is 0. The van der Waals surface area contributed by atoms with Gasteiger partial charge in [0.1, 0.15) is 4.60 Å². The molecular weight excluding hydrogens is 264 g/mol. The van der Waals surface area contributed by atoms with Crippen molar-refractivity contribution >= 4 is 15.9 Å². The van der Waals surface area contributed by atoms with Gasteiger partial charge in [0.05, 0.1) is 0 Å². The van der Waals surface area contributed by atoms with E-state index < -0.39 is 0 Å². The van der Waals surface area contributed by atoms with Crippen LogP contribution in [-0.4, -0.2) is 9.78 Å². The van der Waals surface area contributed by atoms with Gasteiger partial charge in [0.15, 0.2) is 0 Å². The van der Waals surface area contributed by atoms with E-state index in [1.807, 2.05) is 0 Å². The van der Waals surface area contributed by atoms with Crippen LogP contribution in [0.2, 0.25) is 0 Å². The van der Waals surface area contributed by atoms with Crippen molar-refractivity contribution in [1.82, 2.24) is 9.78 Å². The lowest BCUT2D eigenvalue weighted by molar-refractivity contribution is 0.462. The van der Waals surface area contributed by atoms with Gasteiger partial charge in [-0.15, -0.1) is 0 Å². The van der Waals surface area contributed by atoms with E-state index in [0.717, 1.165) is 10.5 Å². The third-order valence-electron chi connectivity index (χ3n) is 3.50. The monoisotopic (exact) mass is 284 g/mol. The fourth-order valence-electron chi connectivity index (χ4n) is 2.67. The highest BCUT2D eigenvalue weighted by molar-refractivity contribution is 9.10. The van der Waals surface area contributed by atoms with Crippen molar-refractivity contribution in [3.63, 3.8) is 0 Å². The molecule has 16 heavy (non-hydrogen) atoms. The summed E-state index contributed by atoms with van der Waals surface area (Å²) in [7, 11) is 0. The van der Waals surface area contributed by atoms with Crippen molar-refractivity contribution in [2.24, 2.45) is 0 Å². The predicted molar refractivity (Wildman–Crippen MR) is 70.8 cm³/mol. The average Bonchev–Trinajstić information content (AvgIpc) is 2.49. The smallest absolute Gasteiger partial charge is 0.128 e. The van der Waals surface area contributed by atoms with Gasteiger partial charge in [-0.2, -0.15) is 5.10 Å². The summed E-state index contributed by atoms with van der Waals surface area (Å²) in [6.45, 7) is 4.42. The predicted octanol–water partition coefficient (Wildman–Crippen LogP) is 4.66. The summed E-state index contributed by atoms with van der Waals surface area (Å²) in [5.41, 5.74) is 1.43. The molecule has 2 rings (SSSR count). The Morgan fingerprint density at radius 3 is 2.44 bits per heavy atom. The summed E-state index contributed by atoms with van der Waals surface area (Å²) in [4.78, 5) is 0. The summed E-state index contributed by atoms with van der Waals surface area (Å²) < 4.78 is 3.18. The first kappa shape index (κ1) is 12.2. The van der Waals surface area contributed by atoms with E-state index in [9.17, 15) is 0 Å². The minimum Gasteiger partial charge on any atom is -0.266 e. The van der Waals surface area contributed by atoms with Crippen LogP contribution >= 0.6 is 15.9 Å². The van der Waals surface area contributed by atoms with Gasteiger partial charge in [0.2, 0.25) is 0 Å². The molecular formula is C13H21BrN2. The molecule has 3 heteroatoms. The molecule has 1 fully saturated rings. The van der Waals surface area contributed by atoms with Gasteiger partial charge >= 0.3 is 0 Å². The van der Waals surface area contributed by atoms with E-state index in [0.29, 0.717) is 6.04 Å². The quantitative estimate of drug-likeness (QED) is 0.722. The summed E-state index contributed by atoms with van der Waals surface area (Å²) >= 11 is 3.51. The van der Waals surface area contributed by atoms with Gasteiger partial charge in [-0.25, -0.2) is 0 Å². The van der Waals surface area contributed by atoms with E-state index in [1.165, 1.54) is 44.2 Å². The molecule has 1 aromatic heterocycles. The Morgan fingerprint density at radius 2 is 1.88 bits per heavy atom. The van der Waals surface area contributed by atoms with E-state index in [1.54, 1.807) is 0 Å². The second-order valence-electron chi connectivity index (χ2n) is 5.12. The fourth-order valence-corrected chi connectivity index (χ4v) is 3.08. The Labute approximate surface area is 107 Å². The summed E-state index contributed by atoms with van der Waals surface area (Å²) in [5, 5.41) is 4.55. The molecule has 1 heterocycles. The Bertz CT molecular complexity index is 336. The molecule has 1 saturated carbocycles. The Kier molecular flexibility index (Phi) is 4.06. The van der Waals surface area contributed by atoms with Gasteiger partial charge < -0.3 is 0 Å². The lowest BCUT2D eigenvalue weighted by Gasteiger charge is -2.18. The van der Waals surface area contributed by atoms with Gasteiger partial charge in [-0.05, 0) is 48.7 Å². The molecule has 2 nitrogen and oxygen atoms in total. The Balaban J connectivity index is 2.23. The molecule has 90 valence electrons. The zero-order valence-corrected chi connectivity index (χ0v) is 11.8.